The van der Waals surface area contributed by atoms with Gasteiger partial charge in [0.15, 0.2) is 5.76 Å². The van der Waals surface area contributed by atoms with E-state index in [1.54, 1.807) is 0 Å². The molecule has 3 heterocycles. The van der Waals surface area contributed by atoms with Crippen molar-refractivity contribution in [1.29, 1.82) is 0 Å². The number of aryl methyl sites for hydroxylation is 1. The number of halogens is 1. The lowest BCUT2D eigenvalue weighted by molar-refractivity contribution is 0.395. The Morgan fingerprint density at radius 1 is 0.944 bits per heavy atom. The molecule has 0 atom stereocenters. The molecule has 36 heavy (non-hydrogen) atoms. The average molecular weight is 502 g/mol. The van der Waals surface area contributed by atoms with E-state index in [-0.39, 0.29) is 0 Å². The van der Waals surface area contributed by atoms with E-state index < -0.39 is 0 Å². The molecule has 5 rings (SSSR count). The molecule has 0 radical (unpaired) electrons. The van der Waals surface area contributed by atoms with Crippen molar-refractivity contribution in [2.45, 2.75) is 45.4 Å². The number of nitrogens with zero attached hydrogens (tertiary/aromatic N) is 3. The molecule has 0 bridgehead atoms. The van der Waals surface area contributed by atoms with Gasteiger partial charge in [0.2, 0.25) is 0 Å². The quantitative estimate of drug-likeness (QED) is 0.304. The van der Waals surface area contributed by atoms with E-state index in [2.05, 4.69) is 49.9 Å². The summed E-state index contributed by atoms with van der Waals surface area (Å²) in [6.07, 6.45) is 3.97. The van der Waals surface area contributed by atoms with Gasteiger partial charge >= 0.3 is 0 Å². The number of benzene rings is 2. The molecule has 0 amide bonds. The van der Waals surface area contributed by atoms with Crippen LogP contribution in [0, 0.1) is 6.92 Å². The van der Waals surface area contributed by atoms with Crippen LogP contribution in [0.15, 0.2) is 77.4 Å². The fraction of sp³-hybridized carbons (Fsp3) is 0.310. The van der Waals surface area contributed by atoms with Gasteiger partial charge in [0.25, 0.3) is 0 Å². The van der Waals surface area contributed by atoms with Gasteiger partial charge in [-0.1, -0.05) is 65.3 Å². The highest BCUT2D eigenvalue weighted by Gasteiger charge is 2.26. The molecule has 0 unspecified atom stereocenters. The maximum absolute atomic E-state index is 6.45. The molecule has 2 aromatic heterocycles. The summed E-state index contributed by atoms with van der Waals surface area (Å²) in [5, 5.41) is 12.3. The van der Waals surface area contributed by atoms with Crippen molar-refractivity contribution in [3.63, 3.8) is 0 Å². The molecule has 6 nitrogen and oxygen atoms in total. The molecular formula is C29H32ClN5O. The maximum atomic E-state index is 6.45. The van der Waals surface area contributed by atoms with Crippen molar-refractivity contribution in [1.82, 2.24) is 20.8 Å². The highest BCUT2D eigenvalue weighted by atomic mass is 35.5. The normalized spacial score (nSPS) is 14.3. The minimum Gasteiger partial charge on any atom is -0.367 e. The van der Waals surface area contributed by atoms with Crippen LogP contribution in [-0.4, -0.2) is 29.3 Å². The van der Waals surface area contributed by atoms with E-state index >= 15 is 0 Å². The lowest BCUT2D eigenvalue weighted by Crippen LogP contribution is -2.42. The lowest BCUT2D eigenvalue weighted by atomic mass is 10.0. The Morgan fingerprint density at radius 2 is 1.72 bits per heavy atom. The molecule has 1 aliphatic heterocycles. The topological polar surface area (TPSA) is 66.2 Å². The van der Waals surface area contributed by atoms with Crippen LogP contribution in [-0.2, 0) is 19.6 Å². The number of aromatic nitrogens is 2. The van der Waals surface area contributed by atoms with Crippen molar-refractivity contribution in [3.8, 4) is 11.3 Å². The zero-order valence-electron chi connectivity index (χ0n) is 20.6. The van der Waals surface area contributed by atoms with Crippen LogP contribution in [0.2, 0.25) is 5.02 Å². The summed E-state index contributed by atoms with van der Waals surface area (Å²) in [5.41, 5.74) is 6.47. The summed E-state index contributed by atoms with van der Waals surface area (Å²) >= 11 is 6.45. The summed E-state index contributed by atoms with van der Waals surface area (Å²) in [4.78, 5) is 6.75. The highest BCUT2D eigenvalue weighted by Crippen LogP contribution is 2.37. The largest absolute Gasteiger partial charge is 0.367 e. The second-order valence-corrected chi connectivity index (χ2v) is 9.71. The van der Waals surface area contributed by atoms with E-state index in [0.29, 0.717) is 11.1 Å². The van der Waals surface area contributed by atoms with Crippen LogP contribution in [0.25, 0.3) is 11.3 Å². The van der Waals surface area contributed by atoms with Crippen molar-refractivity contribution in [2.75, 3.05) is 18.0 Å². The van der Waals surface area contributed by atoms with Gasteiger partial charge in [0.05, 0.1) is 10.7 Å². The Hall–Kier alpha value is -3.19. The number of pyridine rings is 1. The van der Waals surface area contributed by atoms with E-state index in [9.17, 15) is 0 Å². The summed E-state index contributed by atoms with van der Waals surface area (Å²) in [7, 11) is 0. The first kappa shape index (κ1) is 24.5. The lowest BCUT2D eigenvalue weighted by Gasteiger charge is -2.34. The fourth-order valence-electron chi connectivity index (χ4n) is 4.83. The number of hydrogen-bond donors (Lipinski definition) is 2. The SMILES string of the molecule is Cc1onc(-c2ccccc2Cl)c1N1CCC(NCc2cccc(CNCc3ccccn3)c2)CC1. The molecule has 2 aromatic carbocycles. The third-order valence-electron chi connectivity index (χ3n) is 6.72. The van der Waals surface area contributed by atoms with Gasteiger partial charge in [0.1, 0.15) is 11.4 Å². The maximum Gasteiger partial charge on any atom is 0.157 e. The van der Waals surface area contributed by atoms with Gasteiger partial charge in [0, 0.05) is 50.5 Å². The predicted molar refractivity (Wildman–Crippen MR) is 145 cm³/mol. The summed E-state index contributed by atoms with van der Waals surface area (Å²) in [6, 6.07) is 23.1. The smallest absolute Gasteiger partial charge is 0.157 e. The number of hydrogen-bond acceptors (Lipinski definition) is 6. The van der Waals surface area contributed by atoms with E-state index in [0.717, 1.165) is 74.0 Å². The van der Waals surface area contributed by atoms with Gasteiger partial charge < -0.3 is 20.1 Å². The van der Waals surface area contributed by atoms with Crippen molar-refractivity contribution in [3.05, 3.63) is 101 Å². The Balaban J connectivity index is 1.13. The molecule has 1 saturated heterocycles. The number of nitrogens with one attached hydrogen (secondary N) is 2. The summed E-state index contributed by atoms with van der Waals surface area (Å²) < 4.78 is 5.58. The predicted octanol–water partition coefficient (Wildman–Crippen LogP) is 5.75. The number of rotatable bonds is 9. The molecule has 0 saturated carbocycles. The second-order valence-electron chi connectivity index (χ2n) is 9.30. The minimum atomic E-state index is 0.483. The monoisotopic (exact) mass is 501 g/mol. The van der Waals surface area contributed by atoms with Gasteiger partial charge in [-0.05, 0) is 49.1 Å². The molecule has 2 N–H and O–H groups in total. The van der Waals surface area contributed by atoms with Gasteiger partial charge in [-0.15, -0.1) is 0 Å². The average Bonchev–Trinajstić information content (AvgIpc) is 3.30. The molecule has 0 aliphatic carbocycles. The first-order valence-electron chi connectivity index (χ1n) is 12.6. The van der Waals surface area contributed by atoms with Crippen molar-refractivity contribution >= 4 is 17.3 Å². The first-order valence-corrected chi connectivity index (χ1v) is 12.9. The van der Waals surface area contributed by atoms with Crippen LogP contribution in [0.5, 0.6) is 0 Å². The molecular weight excluding hydrogens is 470 g/mol. The highest BCUT2D eigenvalue weighted by molar-refractivity contribution is 6.33. The standard InChI is InChI=1S/C29H32ClN5O/c1-21-29(28(34-36-21)26-10-2-3-11-27(26)30)35-15-12-24(13-16-35)33-19-23-8-6-7-22(17-23)18-31-20-25-9-4-5-14-32-25/h2-11,14,17,24,31,33H,12-13,15-16,18-20H2,1H3. The summed E-state index contributed by atoms with van der Waals surface area (Å²) in [6.45, 7) is 6.35. The molecule has 7 heteroatoms. The number of anilines is 1. The molecule has 1 fully saturated rings. The van der Waals surface area contributed by atoms with Gasteiger partial charge in [-0.25, -0.2) is 0 Å². The molecule has 186 valence electrons. The Labute approximate surface area is 217 Å². The van der Waals surface area contributed by atoms with Gasteiger partial charge in [-0.2, -0.15) is 0 Å². The molecule has 0 spiro atoms. The van der Waals surface area contributed by atoms with Crippen LogP contribution in [0.3, 0.4) is 0 Å². The Morgan fingerprint density at radius 3 is 2.50 bits per heavy atom. The molecule has 4 aromatic rings. The zero-order valence-corrected chi connectivity index (χ0v) is 21.3. The van der Waals surface area contributed by atoms with Crippen LogP contribution >= 0.6 is 11.6 Å². The van der Waals surface area contributed by atoms with Crippen LogP contribution in [0.4, 0.5) is 5.69 Å². The third kappa shape index (κ3) is 5.95. The Bertz CT molecular complexity index is 1270. The molecule has 1 aliphatic rings. The summed E-state index contributed by atoms with van der Waals surface area (Å²) in [5.74, 6) is 0.838. The minimum absolute atomic E-state index is 0.483. The Kier molecular flexibility index (Phi) is 7.96. The van der Waals surface area contributed by atoms with Crippen molar-refractivity contribution in [2.24, 2.45) is 0 Å². The third-order valence-corrected chi connectivity index (χ3v) is 7.05. The van der Waals surface area contributed by atoms with Crippen molar-refractivity contribution < 1.29 is 4.52 Å². The first-order chi connectivity index (χ1) is 17.7. The van der Waals surface area contributed by atoms with E-state index in [1.807, 2.05) is 55.6 Å². The van der Waals surface area contributed by atoms with Gasteiger partial charge in [-0.3, -0.25) is 4.98 Å². The van der Waals surface area contributed by atoms with E-state index in [1.165, 1.54) is 11.1 Å². The van der Waals surface area contributed by atoms with Crippen LogP contribution < -0.4 is 15.5 Å². The fourth-order valence-corrected chi connectivity index (χ4v) is 5.05. The zero-order chi connectivity index (χ0) is 24.7. The van der Waals surface area contributed by atoms with E-state index in [4.69, 9.17) is 16.1 Å². The second kappa shape index (κ2) is 11.7. The van der Waals surface area contributed by atoms with Crippen LogP contribution in [0.1, 0.15) is 35.4 Å². The number of piperidine rings is 1.